The van der Waals surface area contributed by atoms with Crippen LogP contribution in [0, 0.1) is 0 Å². The number of hydrogen-bond donors (Lipinski definition) is 1. The van der Waals surface area contributed by atoms with Crippen LogP contribution in [0.25, 0.3) is 0 Å². The number of esters is 1. The lowest BCUT2D eigenvalue weighted by Gasteiger charge is -2.01. The molecule has 6 nitrogen and oxygen atoms in total. The Kier molecular flexibility index (Phi) is 4.73. The van der Waals surface area contributed by atoms with Crippen molar-refractivity contribution in [1.29, 1.82) is 0 Å². The number of nitrogens with one attached hydrogen (secondary N) is 1. The summed E-state index contributed by atoms with van der Waals surface area (Å²) in [5.41, 5.74) is 0.439. The summed E-state index contributed by atoms with van der Waals surface area (Å²) >= 11 is 1.34. The van der Waals surface area contributed by atoms with Gasteiger partial charge in [0, 0.05) is 12.1 Å². The summed E-state index contributed by atoms with van der Waals surface area (Å²) in [5, 5.41) is 8.35. The second-order valence-corrected chi connectivity index (χ2v) is 5.35. The molecule has 2 rings (SSSR count). The van der Waals surface area contributed by atoms with E-state index in [-0.39, 0.29) is 5.97 Å². The molecule has 1 N–H and O–H groups in total. The van der Waals surface area contributed by atoms with Crippen molar-refractivity contribution in [3.63, 3.8) is 0 Å². The van der Waals surface area contributed by atoms with Crippen LogP contribution in [0.2, 0.25) is 0 Å². The van der Waals surface area contributed by atoms with Gasteiger partial charge in [0.1, 0.15) is 10.9 Å². The number of rotatable bonds is 5. The standard InChI is InChI=1S/C13H16N4O2S/c1-4-19-12(18)9-5-6-10(14-7-9)20-13-15-11(8(2)3)16-17-13/h5-8H,4H2,1-3H3,(H,15,16,17). The highest BCUT2D eigenvalue weighted by molar-refractivity contribution is 7.99. The molecule has 2 aromatic rings. The van der Waals surface area contributed by atoms with E-state index >= 15 is 0 Å². The van der Waals surface area contributed by atoms with E-state index in [1.807, 2.05) is 13.8 Å². The predicted octanol–water partition coefficient (Wildman–Crippen LogP) is 2.65. The number of H-pyrrole nitrogens is 1. The van der Waals surface area contributed by atoms with Crippen molar-refractivity contribution in [2.45, 2.75) is 36.9 Å². The maximum atomic E-state index is 11.5. The zero-order valence-electron chi connectivity index (χ0n) is 11.6. The number of carbonyl (C=O) groups excluding carboxylic acids is 1. The van der Waals surface area contributed by atoms with Gasteiger partial charge in [-0.25, -0.2) is 14.8 Å². The molecule has 0 aromatic carbocycles. The maximum Gasteiger partial charge on any atom is 0.339 e. The zero-order valence-corrected chi connectivity index (χ0v) is 12.4. The van der Waals surface area contributed by atoms with Gasteiger partial charge in [0.2, 0.25) is 5.16 Å². The molecule has 0 amide bonds. The van der Waals surface area contributed by atoms with E-state index in [1.54, 1.807) is 19.1 Å². The fraction of sp³-hybridized carbons (Fsp3) is 0.385. The fourth-order valence-corrected chi connectivity index (χ4v) is 2.10. The second-order valence-electron chi connectivity index (χ2n) is 4.37. The van der Waals surface area contributed by atoms with Gasteiger partial charge < -0.3 is 4.74 Å². The van der Waals surface area contributed by atoms with Crippen LogP contribution >= 0.6 is 11.8 Å². The lowest BCUT2D eigenvalue weighted by Crippen LogP contribution is -2.04. The van der Waals surface area contributed by atoms with Crippen LogP contribution in [-0.4, -0.2) is 32.7 Å². The third-order valence-electron chi connectivity index (χ3n) is 2.47. The first-order valence-corrected chi connectivity index (χ1v) is 7.15. The van der Waals surface area contributed by atoms with E-state index in [2.05, 4.69) is 20.2 Å². The minimum absolute atomic E-state index is 0.302. The summed E-state index contributed by atoms with van der Waals surface area (Å²) < 4.78 is 4.90. The highest BCUT2D eigenvalue weighted by Gasteiger charge is 2.10. The van der Waals surface area contributed by atoms with Crippen LogP contribution in [-0.2, 0) is 4.74 Å². The van der Waals surface area contributed by atoms with Crippen LogP contribution in [0.5, 0.6) is 0 Å². The van der Waals surface area contributed by atoms with Crippen molar-refractivity contribution in [1.82, 2.24) is 20.2 Å². The van der Waals surface area contributed by atoms with Gasteiger partial charge in [-0.3, -0.25) is 5.10 Å². The maximum absolute atomic E-state index is 11.5. The zero-order chi connectivity index (χ0) is 14.5. The Labute approximate surface area is 121 Å². The summed E-state index contributed by atoms with van der Waals surface area (Å²) in [5.74, 6) is 0.781. The van der Waals surface area contributed by atoms with Crippen LogP contribution in [0.15, 0.2) is 28.5 Å². The number of pyridine rings is 1. The predicted molar refractivity (Wildman–Crippen MR) is 74.8 cm³/mol. The first kappa shape index (κ1) is 14.5. The summed E-state index contributed by atoms with van der Waals surface area (Å²) in [6.45, 7) is 6.21. The monoisotopic (exact) mass is 292 g/mol. The molecule has 2 heterocycles. The fourth-order valence-electron chi connectivity index (χ4n) is 1.43. The molecular formula is C13H16N4O2S. The Morgan fingerprint density at radius 3 is 2.80 bits per heavy atom. The van der Waals surface area contributed by atoms with Gasteiger partial charge in [0.25, 0.3) is 0 Å². The van der Waals surface area contributed by atoms with E-state index in [0.29, 0.717) is 23.2 Å². The highest BCUT2D eigenvalue weighted by Crippen LogP contribution is 2.23. The van der Waals surface area contributed by atoms with Gasteiger partial charge in [0.15, 0.2) is 0 Å². The summed E-state index contributed by atoms with van der Waals surface area (Å²) in [4.78, 5) is 20.1. The van der Waals surface area contributed by atoms with E-state index in [9.17, 15) is 4.79 Å². The topological polar surface area (TPSA) is 80.8 Å². The number of ether oxygens (including phenoxy) is 1. The first-order chi connectivity index (χ1) is 9.60. The number of carbonyl (C=O) groups is 1. The molecule has 0 atom stereocenters. The van der Waals surface area contributed by atoms with Crippen molar-refractivity contribution < 1.29 is 9.53 Å². The van der Waals surface area contributed by atoms with Gasteiger partial charge in [-0.15, -0.1) is 5.10 Å². The molecule has 0 unspecified atom stereocenters. The lowest BCUT2D eigenvalue weighted by molar-refractivity contribution is 0.0525. The number of nitrogens with zero attached hydrogens (tertiary/aromatic N) is 3. The molecule has 106 valence electrons. The van der Waals surface area contributed by atoms with E-state index in [0.717, 1.165) is 10.9 Å². The normalized spacial score (nSPS) is 10.8. The molecule has 0 aliphatic rings. The highest BCUT2D eigenvalue weighted by atomic mass is 32.2. The molecule has 7 heteroatoms. The van der Waals surface area contributed by atoms with Gasteiger partial charge in [0.05, 0.1) is 12.2 Å². The molecule has 0 aliphatic heterocycles. The first-order valence-electron chi connectivity index (χ1n) is 6.33. The molecule has 0 spiro atoms. The van der Waals surface area contributed by atoms with Crippen LogP contribution in [0.1, 0.15) is 42.9 Å². The largest absolute Gasteiger partial charge is 0.462 e. The Hall–Kier alpha value is -1.89. The van der Waals surface area contributed by atoms with E-state index < -0.39 is 0 Å². The Balaban J connectivity index is 2.04. The van der Waals surface area contributed by atoms with Gasteiger partial charge in [-0.1, -0.05) is 13.8 Å². The quantitative estimate of drug-likeness (QED) is 0.853. The molecule has 0 fully saturated rings. The molecule has 20 heavy (non-hydrogen) atoms. The number of aromatic nitrogens is 4. The minimum atomic E-state index is -0.364. The van der Waals surface area contributed by atoms with Gasteiger partial charge >= 0.3 is 5.97 Å². The summed E-state index contributed by atoms with van der Waals surface area (Å²) in [7, 11) is 0. The van der Waals surface area contributed by atoms with Crippen molar-refractivity contribution >= 4 is 17.7 Å². The van der Waals surface area contributed by atoms with Crippen LogP contribution in [0.4, 0.5) is 0 Å². The summed E-state index contributed by atoms with van der Waals surface area (Å²) in [6, 6.07) is 3.44. The smallest absolute Gasteiger partial charge is 0.339 e. The SMILES string of the molecule is CCOC(=O)c1ccc(Sc2n[nH]c(C(C)C)n2)nc1. The average Bonchev–Trinajstić information content (AvgIpc) is 2.88. The van der Waals surface area contributed by atoms with E-state index in [4.69, 9.17) is 4.74 Å². The van der Waals surface area contributed by atoms with Crippen molar-refractivity contribution in [2.75, 3.05) is 6.61 Å². The number of aromatic amines is 1. The van der Waals surface area contributed by atoms with Crippen LogP contribution in [0.3, 0.4) is 0 Å². The lowest BCUT2D eigenvalue weighted by atomic mass is 10.2. The Morgan fingerprint density at radius 2 is 2.25 bits per heavy atom. The second kappa shape index (κ2) is 6.51. The third kappa shape index (κ3) is 3.57. The van der Waals surface area contributed by atoms with Crippen molar-refractivity contribution in [2.24, 2.45) is 0 Å². The molecule has 0 radical (unpaired) electrons. The molecular weight excluding hydrogens is 276 g/mol. The van der Waals surface area contributed by atoms with Crippen molar-refractivity contribution in [3.05, 3.63) is 29.7 Å². The van der Waals surface area contributed by atoms with Gasteiger partial charge in [-0.2, -0.15) is 0 Å². The molecule has 2 aromatic heterocycles. The number of hydrogen-bond acceptors (Lipinski definition) is 6. The minimum Gasteiger partial charge on any atom is -0.462 e. The summed E-state index contributed by atoms with van der Waals surface area (Å²) in [6.07, 6.45) is 1.50. The third-order valence-corrected chi connectivity index (χ3v) is 3.29. The molecule has 0 saturated carbocycles. The molecule has 0 bridgehead atoms. The van der Waals surface area contributed by atoms with Crippen molar-refractivity contribution in [3.8, 4) is 0 Å². The Bertz CT molecular complexity index is 580. The van der Waals surface area contributed by atoms with E-state index in [1.165, 1.54) is 18.0 Å². The molecule has 0 saturated heterocycles. The Morgan fingerprint density at radius 1 is 1.45 bits per heavy atom. The van der Waals surface area contributed by atoms with Crippen LogP contribution < -0.4 is 0 Å². The van der Waals surface area contributed by atoms with Gasteiger partial charge in [-0.05, 0) is 30.8 Å². The molecule has 0 aliphatic carbocycles. The average molecular weight is 292 g/mol.